The summed E-state index contributed by atoms with van der Waals surface area (Å²) < 4.78 is 0. The fourth-order valence-corrected chi connectivity index (χ4v) is 2.04. The highest BCUT2D eigenvalue weighted by Gasteiger charge is 2.33. The molecule has 0 saturated carbocycles. The standard InChI is InChI=1S/C13H11NO3/c1-2-12(15)14-8-10-6-4-3-5-9(10)7-11(14)13(16)17/h1,3-6,11H,7-8H2,(H,16,17)/t11-/m0/s1. The molecule has 4 heteroatoms. The van der Waals surface area contributed by atoms with Gasteiger partial charge in [0.05, 0.1) is 0 Å². The summed E-state index contributed by atoms with van der Waals surface area (Å²) in [4.78, 5) is 23.9. The molecule has 1 heterocycles. The molecule has 0 radical (unpaired) electrons. The van der Waals surface area contributed by atoms with Gasteiger partial charge in [0.25, 0.3) is 5.91 Å². The topological polar surface area (TPSA) is 57.6 Å². The zero-order valence-electron chi connectivity index (χ0n) is 9.09. The molecule has 0 aliphatic carbocycles. The molecule has 0 bridgehead atoms. The zero-order valence-corrected chi connectivity index (χ0v) is 9.09. The van der Waals surface area contributed by atoms with E-state index in [1.807, 2.05) is 30.2 Å². The van der Waals surface area contributed by atoms with Crippen molar-refractivity contribution in [2.45, 2.75) is 19.0 Å². The van der Waals surface area contributed by atoms with E-state index in [4.69, 9.17) is 11.5 Å². The number of fused-ring (bicyclic) bond motifs is 1. The van der Waals surface area contributed by atoms with Gasteiger partial charge in [0, 0.05) is 13.0 Å². The molecule has 1 amide bonds. The van der Waals surface area contributed by atoms with Gasteiger partial charge in [0.1, 0.15) is 6.04 Å². The average molecular weight is 229 g/mol. The molecule has 1 N–H and O–H groups in total. The van der Waals surface area contributed by atoms with Crippen molar-refractivity contribution in [3.05, 3.63) is 35.4 Å². The monoisotopic (exact) mass is 229 g/mol. The largest absolute Gasteiger partial charge is 0.480 e. The number of carbonyl (C=O) groups excluding carboxylic acids is 1. The number of rotatable bonds is 1. The van der Waals surface area contributed by atoms with E-state index in [1.54, 1.807) is 0 Å². The lowest BCUT2D eigenvalue weighted by Gasteiger charge is -2.32. The Kier molecular flexibility index (Phi) is 2.84. The zero-order chi connectivity index (χ0) is 12.4. The summed E-state index contributed by atoms with van der Waals surface area (Å²) in [7, 11) is 0. The number of terminal acetylenes is 1. The Hall–Kier alpha value is -2.28. The summed E-state index contributed by atoms with van der Waals surface area (Å²) in [6.45, 7) is 0.260. The van der Waals surface area contributed by atoms with Gasteiger partial charge in [-0.15, -0.1) is 6.42 Å². The van der Waals surface area contributed by atoms with Crippen molar-refractivity contribution >= 4 is 11.9 Å². The molecule has 1 aliphatic rings. The van der Waals surface area contributed by atoms with Gasteiger partial charge < -0.3 is 10.0 Å². The average Bonchev–Trinajstić information content (AvgIpc) is 2.36. The van der Waals surface area contributed by atoms with Crippen LogP contribution >= 0.6 is 0 Å². The van der Waals surface area contributed by atoms with Crippen LogP contribution in [0.2, 0.25) is 0 Å². The molecule has 0 fully saturated rings. The Bertz CT molecular complexity index is 516. The number of carboxylic acids is 1. The summed E-state index contributed by atoms with van der Waals surface area (Å²) in [5.41, 5.74) is 1.91. The lowest BCUT2D eigenvalue weighted by Crippen LogP contribution is -2.48. The predicted molar refractivity (Wildman–Crippen MR) is 61.0 cm³/mol. The fraction of sp³-hybridized carbons (Fsp3) is 0.231. The second kappa shape index (κ2) is 4.30. The summed E-state index contributed by atoms with van der Waals surface area (Å²) in [5.74, 6) is 0.372. The number of carbonyl (C=O) groups is 2. The van der Waals surface area contributed by atoms with Gasteiger partial charge in [-0.05, 0) is 17.0 Å². The van der Waals surface area contributed by atoms with Crippen LogP contribution in [-0.4, -0.2) is 27.9 Å². The molecule has 17 heavy (non-hydrogen) atoms. The Morgan fingerprint density at radius 1 is 1.35 bits per heavy atom. The number of amides is 1. The second-order valence-corrected chi connectivity index (χ2v) is 3.90. The van der Waals surface area contributed by atoms with Crippen molar-refractivity contribution < 1.29 is 14.7 Å². The maximum Gasteiger partial charge on any atom is 0.326 e. The smallest absolute Gasteiger partial charge is 0.326 e. The number of nitrogens with zero attached hydrogens (tertiary/aromatic N) is 1. The minimum Gasteiger partial charge on any atom is -0.480 e. The number of carboxylic acid groups (broad SMARTS) is 1. The van der Waals surface area contributed by atoms with Gasteiger partial charge in [-0.2, -0.15) is 0 Å². The van der Waals surface area contributed by atoms with E-state index in [9.17, 15) is 9.59 Å². The van der Waals surface area contributed by atoms with E-state index in [0.717, 1.165) is 11.1 Å². The maximum absolute atomic E-state index is 11.5. The Morgan fingerprint density at radius 2 is 2.00 bits per heavy atom. The SMILES string of the molecule is C#CC(=O)N1Cc2ccccc2C[C@H]1C(=O)O. The molecule has 4 nitrogen and oxygen atoms in total. The van der Waals surface area contributed by atoms with E-state index in [-0.39, 0.29) is 6.54 Å². The number of benzene rings is 1. The lowest BCUT2D eigenvalue weighted by molar-refractivity contribution is -0.149. The van der Waals surface area contributed by atoms with E-state index < -0.39 is 17.9 Å². The molecule has 1 aromatic rings. The summed E-state index contributed by atoms with van der Waals surface area (Å²) in [5, 5.41) is 9.12. The highest BCUT2D eigenvalue weighted by molar-refractivity contribution is 5.95. The summed E-state index contributed by atoms with van der Waals surface area (Å²) in [6, 6.07) is 6.61. The van der Waals surface area contributed by atoms with Gasteiger partial charge in [0.2, 0.25) is 0 Å². The summed E-state index contributed by atoms with van der Waals surface area (Å²) >= 11 is 0. The second-order valence-electron chi connectivity index (χ2n) is 3.90. The van der Waals surface area contributed by atoms with Gasteiger partial charge in [-0.25, -0.2) is 4.79 Å². The van der Waals surface area contributed by atoms with Crippen LogP contribution in [0, 0.1) is 12.3 Å². The van der Waals surface area contributed by atoms with Crippen LogP contribution in [0.4, 0.5) is 0 Å². The Balaban J connectivity index is 2.38. The highest BCUT2D eigenvalue weighted by atomic mass is 16.4. The molecule has 86 valence electrons. The molecule has 0 spiro atoms. The van der Waals surface area contributed by atoms with E-state index >= 15 is 0 Å². The first-order valence-electron chi connectivity index (χ1n) is 5.20. The molecule has 0 saturated heterocycles. The minimum atomic E-state index is -1.02. The lowest BCUT2D eigenvalue weighted by atomic mass is 9.94. The normalized spacial score (nSPS) is 18.1. The molecular formula is C13H11NO3. The number of hydrogen-bond donors (Lipinski definition) is 1. The van der Waals surface area contributed by atoms with Crippen molar-refractivity contribution in [2.24, 2.45) is 0 Å². The molecule has 0 aromatic heterocycles. The maximum atomic E-state index is 11.5. The van der Waals surface area contributed by atoms with Crippen molar-refractivity contribution in [2.75, 3.05) is 0 Å². The predicted octanol–water partition coefficient (Wildman–Crippen LogP) is 0.658. The van der Waals surface area contributed by atoms with Gasteiger partial charge >= 0.3 is 5.97 Å². The molecule has 1 aromatic carbocycles. The van der Waals surface area contributed by atoms with Crippen molar-refractivity contribution in [3.8, 4) is 12.3 Å². The first-order chi connectivity index (χ1) is 8.13. The van der Waals surface area contributed by atoms with Crippen LogP contribution in [0.1, 0.15) is 11.1 Å². The van der Waals surface area contributed by atoms with Crippen LogP contribution in [0.3, 0.4) is 0 Å². The highest BCUT2D eigenvalue weighted by Crippen LogP contribution is 2.23. The van der Waals surface area contributed by atoms with Gasteiger partial charge in [-0.3, -0.25) is 4.79 Å². The molecule has 1 aliphatic heterocycles. The molecule has 0 unspecified atom stereocenters. The van der Waals surface area contributed by atoms with Crippen LogP contribution < -0.4 is 0 Å². The number of hydrogen-bond acceptors (Lipinski definition) is 2. The van der Waals surface area contributed by atoms with Crippen LogP contribution in [-0.2, 0) is 22.6 Å². The first-order valence-corrected chi connectivity index (χ1v) is 5.20. The van der Waals surface area contributed by atoms with Crippen LogP contribution in [0.15, 0.2) is 24.3 Å². The van der Waals surface area contributed by atoms with Crippen LogP contribution in [0.5, 0.6) is 0 Å². The first kappa shape index (κ1) is 11.2. The third kappa shape index (κ3) is 2.00. The van der Waals surface area contributed by atoms with Gasteiger partial charge in [0.15, 0.2) is 0 Å². The minimum absolute atomic E-state index is 0.260. The molecule has 2 rings (SSSR count). The molecule has 1 atom stereocenters. The third-order valence-electron chi connectivity index (χ3n) is 2.92. The quantitative estimate of drug-likeness (QED) is 0.720. The van der Waals surface area contributed by atoms with Crippen molar-refractivity contribution in [1.29, 1.82) is 0 Å². The van der Waals surface area contributed by atoms with Crippen LogP contribution in [0.25, 0.3) is 0 Å². The van der Waals surface area contributed by atoms with Gasteiger partial charge in [-0.1, -0.05) is 24.3 Å². The fourth-order valence-electron chi connectivity index (χ4n) is 2.04. The number of aliphatic carboxylic acids is 1. The summed E-state index contributed by atoms with van der Waals surface area (Å²) in [6.07, 6.45) is 5.36. The van der Waals surface area contributed by atoms with Crippen molar-refractivity contribution in [1.82, 2.24) is 4.90 Å². The molecular weight excluding hydrogens is 218 g/mol. The Morgan fingerprint density at radius 3 is 2.59 bits per heavy atom. The third-order valence-corrected chi connectivity index (χ3v) is 2.92. The van der Waals surface area contributed by atoms with E-state index in [2.05, 4.69) is 0 Å². The Labute approximate surface area is 98.9 Å². The van der Waals surface area contributed by atoms with E-state index in [1.165, 1.54) is 4.90 Å². The van der Waals surface area contributed by atoms with Crippen molar-refractivity contribution in [3.63, 3.8) is 0 Å². The van der Waals surface area contributed by atoms with E-state index in [0.29, 0.717) is 6.42 Å².